The fourth-order valence-electron chi connectivity index (χ4n) is 1.36. The van der Waals surface area contributed by atoms with Gasteiger partial charge < -0.3 is 15.3 Å². The van der Waals surface area contributed by atoms with Crippen LogP contribution >= 0.6 is 0 Å². The van der Waals surface area contributed by atoms with Gasteiger partial charge in [0.25, 0.3) is 0 Å². The maximum Gasteiger partial charge on any atom is 0.236 e. The lowest BCUT2D eigenvalue weighted by Crippen LogP contribution is -2.37. The van der Waals surface area contributed by atoms with E-state index in [9.17, 15) is 9.90 Å². The van der Waals surface area contributed by atoms with Gasteiger partial charge in [-0.05, 0) is 6.42 Å². The summed E-state index contributed by atoms with van der Waals surface area (Å²) in [6, 6.07) is 0. The fourth-order valence-corrected chi connectivity index (χ4v) is 1.36. The maximum atomic E-state index is 11.4. The lowest BCUT2D eigenvalue weighted by atomic mass is 10.3. The highest BCUT2D eigenvalue weighted by molar-refractivity contribution is 5.78. The zero-order chi connectivity index (χ0) is 9.68. The maximum absolute atomic E-state index is 11.4. The molecule has 1 amide bonds. The van der Waals surface area contributed by atoms with Crippen molar-refractivity contribution in [2.75, 3.05) is 26.2 Å². The van der Waals surface area contributed by atoms with Gasteiger partial charge in [0.15, 0.2) is 0 Å². The molecule has 1 saturated heterocycles. The molecule has 1 atom stereocenters. The molecular formula is C9H16N2O2. The number of rotatable bonds is 4. The number of likely N-dealkylation sites (tertiary alicyclic amines) is 1. The first-order chi connectivity index (χ1) is 6.24. The summed E-state index contributed by atoms with van der Waals surface area (Å²) in [4.78, 5) is 13.1. The summed E-state index contributed by atoms with van der Waals surface area (Å²) in [5.41, 5.74) is 0. The Morgan fingerprint density at radius 3 is 3.08 bits per heavy atom. The van der Waals surface area contributed by atoms with Gasteiger partial charge in [0, 0.05) is 19.6 Å². The van der Waals surface area contributed by atoms with Crippen molar-refractivity contribution < 1.29 is 9.90 Å². The van der Waals surface area contributed by atoms with Crippen molar-refractivity contribution in [3.05, 3.63) is 12.7 Å². The Balaban J connectivity index is 2.19. The topological polar surface area (TPSA) is 52.6 Å². The zero-order valence-electron chi connectivity index (χ0n) is 7.70. The highest BCUT2D eigenvalue weighted by Gasteiger charge is 2.23. The average Bonchev–Trinajstić information content (AvgIpc) is 2.52. The first kappa shape index (κ1) is 10.2. The third-order valence-corrected chi connectivity index (χ3v) is 2.08. The third-order valence-electron chi connectivity index (χ3n) is 2.08. The number of carbonyl (C=O) groups is 1. The second-order valence-electron chi connectivity index (χ2n) is 3.20. The number of hydrogen-bond acceptors (Lipinski definition) is 3. The minimum Gasteiger partial charge on any atom is -0.391 e. The molecule has 0 aliphatic carbocycles. The molecule has 4 heteroatoms. The summed E-state index contributed by atoms with van der Waals surface area (Å²) in [7, 11) is 0. The number of carbonyl (C=O) groups excluding carboxylic acids is 1. The van der Waals surface area contributed by atoms with Gasteiger partial charge in [-0.1, -0.05) is 6.08 Å². The molecule has 0 aromatic rings. The normalized spacial score (nSPS) is 21.9. The van der Waals surface area contributed by atoms with Crippen molar-refractivity contribution in [3.63, 3.8) is 0 Å². The summed E-state index contributed by atoms with van der Waals surface area (Å²) in [5, 5.41) is 12.1. The molecular weight excluding hydrogens is 168 g/mol. The van der Waals surface area contributed by atoms with E-state index in [4.69, 9.17) is 0 Å². The van der Waals surface area contributed by atoms with Crippen LogP contribution in [-0.2, 0) is 4.79 Å². The fraction of sp³-hybridized carbons (Fsp3) is 0.667. The van der Waals surface area contributed by atoms with Gasteiger partial charge >= 0.3 is 0 Å². The smallest absolute Gasteiger partial charge is 0.236 e. The van der Waals surface area contributed by atoms with Crippen LogP contribution in [0.2, 0.25) is 0 Å². The van der Waals surface area contributed by atoms with Gasteiger partial charge in [0.05, 0.1) is 12.6 Å². The Morgan fingerprint density at radius 2 is 2.54 bits per heavy atom. The molecule has 0 spiro atoms. The average molecular weight is 184 g/mol. The molecule has 1 aliphatic rings. The van der Waals surface area contributed by atoms with E-state index in [-0.39, 0.29) is 12.0 Å². The van der Waals surface area contributed by atoms with Crippen LogP contribution in [0, 0.1) is 0 Å². The molecule has 1 aliphatic heterocycles. The number of aliphatic hydroxyl groups excluding tert-OH is 1. The van der Waals surface area contributed by atoms with Gasteiger partial charge in [0.1, 0.15) is 0 Å². The van der Waals surface area contributed by atoms with Crippen molar-refractivity contribution in [2.45, 2.75) is 12.5 Å². The van der Waals surface area contributed by atoms with Crippen LogP contribution in [0.3, 0.4) is 0 Å². The van der Waals surface area contributed by atoms with E-state index in [2.05, 4.69) is 11.9 Å². The Bertz CT molecular complexity index is 194. The number of amides is 1. The number of hydrogen-bond donors (Lipinski definition) is 2. The van der Waals surface area contributed by atoms with Gasteiger partial charge in [-0.2, -0.15) is 0 Å². The van der Waals surface area contributed by atoms with E-state index in [0.717, 1.165) is 0 Å². The highest BCUT2D eigenvalue weighted by atomic mass is 16.3. The lowest BCUT2D eigenvalue weighted by Gasteiger charge is -2.15. The van der Waals surface area contributed by atoms with Gasteiger partial charge in [-0.3, -0.25) is 4.79 Å². The molecule has 1 heterocycles. The van der Waals surface area contributed by atoms with E-state index in [0.29, 0.717) is 32.6 Å². The molecule has 13 heavy (non-hydrogen) atoms. The summed E-state index contributed by atoms with van der Waals surface area (Å²) in [6.07, 6.45) is 2.09. The largest absolute Gasteiger partial charge is 0.391 e. The van der Waals surface area contributed by atoms with E-state index in [1.807, 2.05) is 0 Å². The van der Waals surface area contributed by atoms with E-state index in [1.165, 1.54) is 0 Å². The molecule has 2 N–H and O–H groups in total. The lowest BCUT2D eigenvalue weighted by molar-refractivity contribution is -0.129. The quantitative estimate of drug-likeness (QED) is 0.451. The number of aliphatic hydroxyl groups is 1. The number of β-amino-alcohol motifs (C(OH)–C–C–N with tert-alkyl or cyclic N) is 1. The van der Waals surface area contributed by atoms with Gasteiger partial charge in [-0.25, -0.2) is 0 Å². The van der Waals surface area contributed by atoms with Gasteiger partial charge in [0.2, 0.25) is 5.91 Å². The van der Waals surface area contributed by atoms with Crippen LogP contribution in [-0.4, -0.2) is 48.2 Å². The van der Waals surface area contributed by atoms with E-state index in [1.54, 1.807) is 11.0 Å². The summed E-state index contributed by atoms with van der Waals surface area (Å²) >= 11 is 0. The molecule has 4 nitrogen and oxygen atoms in total. The van der Waals surface area contributed by atoms with Crippen molar-refractivity contribution in [3.8, 4) is 0 Å². The monoisotopic (exact) mass is 184 g/mol. The van der Waals surface area contributed by atoms with Crippen LogP contribution in [0.5, 0.6) is 0 Å². The minimum absolute atomic E-state index is 0.0541. The SMILES string of the molecule is C=CCNCC(=O)N1CCC(O)C1. The predicted octanol–water partition coefficient (Wildman–Crippen LogP) is -0.645. The van der Waals surface area contributed by atoms with Crippen LogP contribution in [0.1, 0.15) is 6.42 Å². The third kappa shape index (κ3) is 3.16. The zero-order valence-corrected chi connectivity index (χ0v) is 7.70. The summed E-state index contributed by atoms with van der Waals surface area (Å²) in [6.45, 7) is 5.67. The molecule has 74 valence electrons. The van der Waals surface area contributed by atoms with Gasteiger partial charge in [-0.15, -0.1) is 6.58 Å². The van der Waals surface area contributed by atoms with Crippen molar-refractivity contribution in [2.24, 2.45) is 0 Å². The standard InChI is InChI=1S/C9H16N2O2/c1-2-4-10-6-9(13)11-5-3-8(12)7-11/h2,8,10,12H,1,3-7H2. The number of nitrogens with one attached hydrogen (secondary N) is 1. The molecule has 1 fully saturated rings. The molecule has 0 bridgehead atoms. The van der Waals surface area contributed by atoms with E-state index >= 15 is 0 Å². The Morgan fingerprint density at radius 1 is 1.77 bits per heavy atom. The van der Waals surface area contributed by atoms with Crippen LogP contribution in [0.4, 0.5) is 0 Å². The van der Waals surface area contributed by atoms with Crippen molar-refractivity contribution >= 4 is 5.91 Å². The van der Waals surface area contributed by atoms with Crippen LogP contribution in [0.25, 0.3) is 0 Å². The molecule has 0 aromatic carbocycles. The molecule has 1 unspecified atom stereocenters. The van der Waals surface area contributed by atoms with Crippen LogP contribution in [0.15, 0.2) is 12.7 Å². The molecule has 1 rings (SSSR count). The Kier molecular flexibility index (Phi) is 3.92. The number of nitrogens with zero attached hydrogens (tertiary/aromatic N) is 1. The summed E-state index contributed by atoms with van der Waals surface area (Å²) < 4.78 is 0. The van der Waals surface area contributed by atoms with E-state index < -0.39 is 0 Å². The Hall–Kier alpha value is -0.870. The van der Waals surface area contributed by atoms with Crippen molar-refractivity contribution in [1.29, 1.82) is 0 Å². The second-order valence-corrected chi connectivity index (χ2v) is 3.20. The van der Waals surface area contributed by atoms with Crippen LogP contribution < -0.4 is 5.32 Å². The first-order valence-electron chi connectivity index (χ1n) is 4.51. The Labute approximate surface area is 78.2 Å². The second kappa shape index (κ2) is 4.99. The molecule has 0 radical (unpaired) electrons. The first-order valence-corrected chi connectivity index (χ1v) is 4.51. The minimum atomic E-state index is -0.330. The summed E-state index contributed by atoms with van der Waals surface area (Å²) in [5.74, 6) is 0.0541. The molecule has 0 saturated carbocycles. The predicted molar refractivity (Wildman–Crippen MR) is 50.3 cm³/mol. The highest BCUT2D eigenvalue weighted by Crippen LogP contribution is 2.07. The molecule has 0 aromatic heterocycles. The van der Waals surface area contributed by atoms with Crippen molar-refractivity contribution in [1.82, 2.24) is 10.2 Å².